The summed E-state index contributed by atoms with van der Waals surface area (Å²) in [5, 5.41) is 2.76. The van der Waals surface area contributed by atoms with E-state index in [2.05, 4.69) is 10.3 Å². The number of ether oxygens (including phenoxy) is 3. The van der Waals surface area contributed by atoms with Crippen LogP contribution in [0.25, 0.3) is 0 Å². The second-order valence-electron chi connectivity index (χ2n) is 4.11. The molecule has 1 amide bonds. The molecular formula is C15H17ClN2O4. The maximum absolute atomic E-state index is 12.1. The van der Waals surface area contributed by atoms with E-state index in [1.165, 1.54) is 27.5 Å². The van der Waals surface area contributed by atoms with Crippen molar-refractivity contribution in [1.82, 2.24) is 4.98 Å². The van der Waals surface area contributed by atoms with Crippen LogP contribution in [-0.2, 0) is 0 Å². The van der Waals surface area contributed by atoms with Gasteiger partial charge < -0.3 is 19.5 Å². The largest absolute Gasteiger partial charge is 0.493 e. The number of carbonyl (C=O) groups excluding carboxylic acids is 1. The first-order chi connectivity index (χ1) is 10.2. The van der Waals surface area contributed by atoms with Crippen molar-refractivity contribution in [1.29, 1.82) is 0 Å². The zero-order valence-corrected chi connectivity index (χ0v) is 13.3. The topological polar surface area (TPSA) is 69.7 Å². The minimum Gasteiger partial charge on any atom is -0.493 e. The molecule has 7 heteroatoms. The van der Waals surface area contributed by atoms with Crippen molar-refractivity contribution in [2.75, 3.05) is 26.6 Å². The number of hydrogen-bond acceptors (Lipinski definition) is 5. The van der Waals surface area contributed by atoms with Crippen LogP contribution in [0.4, 0.5) is 5.69 Å². The minimum atomic E-state index is -0.266. The summed E-state index contributed by atoms with van der Waals surface area (Å²) < 4.78 is 15.7. The molecule has 6 nitrogen and oxygen atoms in total. The number of halogens is 1. The molecule has 0 aliphatic heterocycles. The summed E-state index contributed by atoms with van der Waals surface area (Å²) in [7, 11) is 4.56. The van der Waals surface area contributed by atoms with Gasteiger partial charge in [-0.25, -0.2) is 0 Å². The first kappa shape index (κ1) is 17.6. The summed E-state index contributed by atoms with van der Waals surface area (Å²) in [5.41, 5.74) is 1.00. The Balaban J connectivity index is 0.00000242. The molecule has 0 radical (unpaired) electrons. The highest BCUT2D eigenvalue weighted by molar-refractivity contribution is 6.04. The molecule has 1 aromatic carbocycles. The van der Waals surface area contributed by atoms with Gasteiger partial charge in [0.1, 0.15) is 0 Å². The molecular weight excluding hydrogens is 308 g/mol. The number of anilines is 1. The Morgan fingerprint density at radius 2 is 1.73 bits per heavy atom. The number of nitrogens with zero attached hydrogens (tertiary/aromatic N) is 1. The Morgan fingerprint density at radius 3 is 2.18 bits per heavy atom. The van der Waals surface area contributed by atoms with Gasteiger partial charge >= 0.3 is 0 Å². The number of pyridine rings is 1. The molecule has 1 heterocycles. The Bertz CT molecular complexity index is 610. The molecule has 2 aromatic rings. The third-order valence-electron chi connectivity index (χ3n) is 2.85. The monoisotopic (exact) mass is 324 g/mol. The van der Waals surface area contributed by atoms with E-state index < -0.39 is 0 Å². The van der Waals surface area contributed by atoms with E-state index in [1.54, 1.807) is 30.5 Å². The lowest BCUT2D eigenvalue weighted by molar-refractivity contribution is 0.102. The average Bonchev–Trinajstić information content (AvgIpc) is 2.54. The standard InChI is InChI=1S/C15H16N2O4.ClH/c1-19-12-7-11(8-13(20-2)14(12)21-3)17-15(18)10-5-4-6-16-9-10;/h4-9H,1-3H3,(H,17,18);1H. The molecule has 0 fully saturated rings. The van der Waals surface area contributed by atoms with Crippen LogP contribution in [0, 0.1) is 0 Å². The summed E-state index contributed by atoms with van der Waals surface area (Å²) in [5.74, 6) is 1.15. The van der Waals surface area contributed by atoms with Crippen molar-refractivity contribution in [3.8, 4) is 17.2 Å². The lowest BCUT2D eigenvalue weighted by atomic mass is 10.2. The fraction of sp³-hybridized carbons (Fsp3) is 0.200. The van der Waals surface area contributed by atoms with Crippen LogP contribution in [0.5, 0.6) is 17.2 Å². The number of carbonyl (C=O) groups is 1. The van der Waals surface area contributed by atoms with Gasteiger partial charge in [0, 0.05) is 30.2 Å². The van der Waals surface area contributed by atoms with Crippen molar-refractivity contribution in [2.45, 2.75) is 0 Å². The average molecular weight is 325 g/mol. The quantitative estimate of drug-likeness (QED) is 0.915. The van der Waals surface area contributed by atoms with Crippen LogP contribution < -0.4 is 19.5 Å². The van der Waals surface area contributed by atoms with E-state index in [0.29, 0.717) is 28.5 Å². The number of benzene rings is 1. The van der Waals surface area contributed by atoms with Crippen LogP contribution >= 0.6 is 12.4 Å². The number of rotatable bonds is 5. The van der Waals surface area contributed by atoms with Gasteiger partial charge in [-0.15, -0.1) is 12.4 Å². The van der Waals surface area contributed by atoms with Crippen LogP contribution in [0.1, 0.15) is 10.4 Å². The maximum Gasteiger partial charge on any atom is 0.257 e. The van der Waals surface area contributed by atoms with Gasteiger partial charge in [0.2, 0.25) is 5.75 Å². The molecule has 0 spiro atoms. The second-order valence-corrected chi connectivity index (χ2v) is 4.11. The van der Waals surface area contributed by atoms with Crippen LogP contribution in [0.15, 0.2) is 36.7 Å². The van der Waals surface area contributed by atoms with E-state index >= 15 is 0 Å². The van der Waals surface area contributed by atoms with Crippen molar-refractivity contribution in [2.24, 2.45) is 0 Å². The third kappa shape index (κ3) is 3.79. The van der Waals surface area contributed by atoms with Crippen LogP contribution in [-0.4, -0.2) is 32.2 Å². The highest BCUT2D eigenvalue weighted by atomic mass is 35.5. The minimum absolute atomic E-state index is 0. The molecule has 0 atom stereocenters. The number of aromatic nitrogens is 1. The number of hydrogen-bond donors (Lipinski definition) is 1. The number of methoxy groups -OCH3 is 3. The highest BCUT2D eigenvalue weighted by Crippen LogP contribution is 2.39. The van der Waals surface area contributed by atoms with E-state index in [0.717, 1.165) is 0 Å². The smallest absolute Gasteiger partial charge is 0.257 e. The fourth-order valence-corrected chi connectivity index (χ4v) is 1.85. The first-order valence-corrected chi connectivity index (χ1v) is 6.21. The van der Waals surface area contributed by atoms with Gasteiger partial charge in [0.25, 0.3) is 5.91 Å². The molecule has 0 aliphatic rings. The summed E-state index contributed by atoms with van der Waals surface area (Å²) in [6.45, 7) is 0. The molecule has 0 unspecified atom stereocenters. The molecule has 1 N–H and O–H groups in total. The van der Waals surface area contributed by atoms with E-state index in [4.69, 9.17) is 14.2 Å². The zero-order valence-electron chi connectivity index (χ0n) is 12.5. The molecule has 0 saturated heterocycles. The molecule has 0 saturated carbocycles. The van der Waals surface area contributed by atoms with Crippen molar-refractivity contribution in [3.05, 3.63) is 42.2 Å². The van der Waals surface area contributed by atoms with Crippen molar-refractivity contribution in [3.63, 3.8) is 0 Å². The first-order valence-electron chi connectivity index (χ1n) is 6.21. The molecule has 0 bridgehead atoms. The molecule has 0 aliphatic carbocycles. The van der Waals surface area contributed by atoms with Crippen molar-refractivity contribution < 1.29 is 19.0 Å². The molecule has 1 aromatic heterocycles. The lowest BCUT2D eigenvalue weighted by Gasteiger charge is -2.14. The molecule has 118 valence electrons. The summed E-state index contributed by atoms with van der Waals surface area (Å²) in [6, 6.07) is 6.70. The Kier molecular flexibility index (Phi) is 6.47. The van der Waals surface area contributed by atoms with Gasteiger partial charge in [0.15, 0.2) is 11.5 Å². The molecule has 2 rings (SSSR count). The van der Waals surface area contributed by atoms with Gasteiger partial charge in [-0.3, -0.25) is 9.78 Å². The molecule has 22 heavy (non-hydrogen) atoms. The summed E-state index contributed by atoms with van der Waals surface area (Å²) in [6.07, 6.45) is 3.10. The van der Waals surface area contributed by atoms with E-state index in [9.17, 15) is 4.79 Å². The SMILES string of the molecule is COc1cc(NC(=O)c2cccnc2)cc(OC)c1OC.Cl. The van der Waals surface area contributed by atoms with E-state index in [-0.39, 0.29) is 18.3 Å². The Hall–Kier alpha value is -2.47. The predicted octanol–water partition coefficient (Wildman–Crippen LogP) is 2.78. The van der Waals surface area contributed by atoms with Crippen molar-refractivity contribution >= 4 is 24.0 Å². The second kappa shape index (κ2) is 8.09. The zero-order chi connectivity index (χ0) is 15.2. The van der Waals surface area contributed by atoms with Gasteiger partial charge in [0.05, 0.1) is 26.9 Å². The Morgan fingerprint density at radius 1 is 1.09 bits per heavy atom. The maximum atomic E-state index is 12.1. The van der Waals surface area contributed by atoms with Crippen LogP contribution in [0.3, 0.4) is 0 Å². The third-order valence-corrected chi connectivity index (χ3v) is 2.85. The number of amides is 1. The van der Waals surface area contributed by atoms with Gasteiger partial charge in [-0.2, -0.15) is 0 Å². The predicted molar refractivity (Wildman–Crippen MR) is 85.5 cm³/mol. The fourth-order valence-electron chi connectivity index (χ4n) is 1.85. The lowest BCUT2D eigenvalue weighted by Crippen LogP contribution is -2.12. The van der Waals surface area contributed by atoms with Gasteiger partial charge in [-0.05, 0) is 12.1 Å². The summed E-state index contributed by atoms with van der Waals surface area (Å²) in [4.78, 5) is 16.0. The van der Waals surface area contributed by atoms with Crippen LogP contribution in [0.2, 0.25) is 0 Å². The highest BCUT2D eigenvalue weighted by Gasteiger charge is 2.15. The normalized spacial score (nSPS) is 9.41. The van der Waals surface area contributed by atoms with E-state index in [1.807, 2.05) is 0 Å². The Labute approximate surface area is 134 Å². The van der Waals surface area contributed by atoms with Gasteiger partial charge in [-0.1, -0.05) is 0 Å². The summed E-state index contributed by atoms with van der Waals surface area (Å²) >= 11 is 0. The number of nitrogens with one attached hydrogen (secondary N) is 1.